The van der Waals surface area contributed by atoms with Crippen molar-refractivity contribution in [3.05, 3.63) is 0 Å². The molecule has 0 bridgehead atoms. The predicted molar refractivity (Wildman–Crippen MR) is 57.5 cm³/mol. The van der Waals surface area contributed by atoms with E-state index in [2.05, 4.69) is 5.32 Å². The third-order valence-electron chi connectivity index (χ3n) is 2.55. The van der Waals surface area contributed by atoms with Crippen LogP contribution in [-0.2, 0) is 14.6 Å². The standard InChI is InChI=1S/C9H17NO5S/c11-5-8(12)4-10-9(13)3-7-1-2-16(14,15)6-7/h7-8,11-12H,1-6H2,(H,10,13). The molecule has 2 atom stereocenters. The Morgan fingerprint density at radius 2 is 2.19 bits per heavy atom. The first-order valence-corrected chi connectivity index (χ1v) is 7.01. The van der Waals surface area contributed by atoms with Gasteiger partial charge in [0, 0.05) is 13.0 Å². The van der Waals surface area contributed by atoms with E-state index in [0.29, 0.717) is 6.42 Å². The molecule has 0 aromatic rings. The molecule has 6 nitrogen and oxygen atoms in total. The highest BCUT2D eigenvalue weighted by Crippen LogP contribution is 2.21. The third-order valence-corrected chi connectivity index (χ3v) is 4.38. The van der Waals surface area contributed by atoms with E-state index in [-0.39, 0.29) is 36.3 Å². The highest BCUT2D eigenvalue weighted by Gasteiger charge is 2.29. The second kappa shape index (κ2) is 5.60. The number of nitrogens with one attached hydrogen (secondary N) is 1. The quantitative estimate of drug-likeness (QED) is 0.539. The van der Waals surface area contributed by atoms with Crippen LogP contribution in [-0.4, -0.2) is 55.3 Å². The minimum absolute atomic E-state index is 0.00516. The number of hydrogen-bond donors (Lipinski definition) is 3. The lowest BCUT2D eigenvalue weighted by atomic mass is 10.1. The van der Waals surface area contributed by atoms with Gasteiger partial charge in [-0.3, -0.25) is 4.79 Å². The second-order valence-corrected chi connectivity index (χ2v) is 6.34. The third kappa shape index (κ3) is 4.46. The number of amides is 1. The van der Waals surface area contributed by atoms with E-state index in [0.717, 1.165) is 0 Å². The summed E-state index contributed by atoms with van der Waals surface area (Å²) in [4.78, 5) is 11.3. The average Bonchev–Trinajstić information content (AvgIpc) is 2.54. The van der Waals surface area contributed by atoms with Crippen molar-refractivity contribution in [2.75, 3.05) is 24.7 Å². The van der Waals surface area contributed by atoms with Gasteiger partial charge in [-0.05, 0) is 12.3 Å². The molecule has 2 unspecified atom stereocenters. The van der Waals surface area contributed by atoms with E-state index < -0.39 is 22.5 Å². The lowest BCUT2D eigenvalue weighted by Crippen LogP contribution is -2.34. The van der Waals surface area contributed by atoms with Gasteiger partial charge in [0.05, 0.1) is 24.2 Å². The Labute approximate surface area is 94.6 Å². The van der Waals surface area contributed by atoms with Gasteiger partial charge in [-0.2, -0.15) is 0 Å². The topological polar surface area (TPSA) is 104 Å². The Morgan fingerprint density at radius 3 is 2.69 bits per heavy atom. The van der Waals surface area contributed by atoms with Crippen molar-refractivity contribution in [1.29, 1.82) is 0 Å². The molecule has 0 aliphatic carbocycles. The van der Waals surface area contributed by atoms with Crippen LogP contribution in [0.2, 0.25) is 0 Å². The second-order valence-electron chi connectivity index (χ2n) is 4.11. The fraction of sp³-hybridized carbons (Fsp3) is 0.889. The molecule has 1 saturated heterocycles. The zero-order valence-corrected chi connectivity index (χ0v) is 9.74. The summed E-state index contributed by atoms with van der Waals surface area (Å²) in [6.07, 6.45) is -0.272. The van der Waals surface area contributed by atoms with Crippen LogP contribution in [0.5, 0.6) is 0 Å². The number of aliphatic hydroxyl groups is 2. The van der Waals surface area contributed by atoms with Crippen LogP contribution in [0.4, 0.5) is 0 Å². The van der Waals surface area contributed by atoms with Crippen LogP contribution >= 0.6 is 0 Å². The summed E-state index contributed by atoms with van der Waals surface area (Å²) in [6.45, 7) is -0.410. The van der Waals surface area contributed by atoms with Crippen LogP contribution < -0.4 is 5.32 Å². The fourth-order valence-electron chi connectivity index (χ4n) is 1.66. The van der Waals surface area contributed by atoms with E-state index >= 15 is 0 Å². The maximum atomic E-state index is 11.3. The molecule has 0 spiro atoms. The number of aliphatic hydroxyl groups excluding tert-OH is 2. The van der Waals surface area contributed by atoms with Crippen LogP contribution in [0, 0.1) is 5.92 Å². The van der Waals surface area contributed by atoms with E-state index in [1.165, 1.54) is 0 Å². The molecule has 1 heterocycles. The summed E-state index contributed by atoms with van der Waals surface area (Å²) >= 11 is 0. The summed E-state index contributed by atoms with van der Waals surface area (Å²) in [6, 6.07) is 0. The molecule has 16 heavy (non-hydrogen) atoms. The smallest absolute Gasteiger partial charge is 0.220 e. The summed E-state index contributed by atoms with van der Waals surface area (Å²) in [5.74, 6) is -0.168. The first-order valence-electron chi connectivity index (χ1n) is 5.19. The van der Waals surface area contributed by atoms with Gasteiger partial charge in [-0.1, -0.05) is 0 Å². The van der Waals surface area contributed by atoms with Crippen molar-refractivity contribution < 1.29 is 23.4 Å². The van der Waals surface area contributed by atoms with Crippen molar-refractivity contribution in [1.82, 2.24) is 5.32 Å². The Balaban J connectivity index is 2.25. The maximum absolute atomic E-state index is 11.3. The van der Waals surface area contributed by atoms with Crippen molar-refractivity contribution in [2.24, 2.45) is 5.92 Å². The highest BCUT2D eigenvalue weighted by molar-refractivity contribution is 7.91. The number of carbonyl (C=O) groups is 1. The Bertz CT molecular complexity index is 340. The van der Waals surface area contributed by atoms with E-state index in [9.17, 15) is 13.2 Å². The summed E-state index contributed by atoms with van der Waals surface area (Å²) in [5.41, 5.74) is 0. The first kappa shape index (κ1) is 13.4. The zero-order chi connectivity index (χ0) is 12.2. The molecular formula is C9H17NO5S. The molecule has 0 aromatic heterocycles. The van der Waals surface area contributed by atoms with E-state index in [1.807, 2.05) is 0 Å². The van der Waals surface area contributed by atoms with Crippen LogP contribution in [0.15, 0.2) is 0 Å². The maximum Gasteiger partial charge on any atom is 0.220 e. The lowest BCUT2D eigenvalue weighted by Gasteiger charge is -2.11. The van der Waals surface area contributed by atoms with Crippen LogP contribution in [0.1, 0.15) is 12.8 Å². The van der Waals surface area contributed by atoms with Gasteiger partial charge in [-0.25, -0.2) is 8.42 Å². The molecule has 94 valence electrons. The van der Waals surface area contributed by atoms with Gasteiger partial charge in [-0.15, -0.1) is 0 Å². The molecule has 3 N–H and O–H groups in total. The molecule has 7 heteroatoms. The summed E-state index contributed by atoms with van der Waals surface area (Å²) < 4.78 is 22.3. The molecule has 1 fully saturated rings. The van der Waals surface area contributed by atoms with Crippen molar-refractivity contribution in [3.63, 3.8) is 0 Å². The predicted octanol–water partition coefficient (Wildman–Crippen LogP) is -1.72. The average molecular weight is 251 g/mol. The van der Waals surface area contributed by atoms with Gasteiger partial charge in [0.25, 0.3) is 0 Å². The van der Waals surface area contributed by atoms with Gasteiger partial charge in [0.1, 0.15) is 0 Å². The Morgan fingerprint density at radius 1 is 1.50 bits per heavy atom. The fourth-order valence-corrected chi connectivity index (χ4v) is 3.53. The zero-order valence-electron chi connectivity index (χ0n) is 8.92. The van der Waals surface area contributed by atoms with E-state index in [1.54, 1.807) is 0 Å². The SMILES string of the molecule is O=C(CC1CCS(=O)(=O)C1)NCC(O)CO. The van der Waals surface area contributed by atoms with Crippen LogP contribution in [0.3, 0.4) is 0 Å². The molecule has 0 aromatic carbocycles. The van der Waals surface area contributed by atoms with Crippen molar-refractivity contribution in [2.45, 2.75) is 18.9 Å². The van der Waals surface area contributed by atoms with Crippen molar-refractivity contribution >= 4 is 15.7 Å². The first-order chi connectivity index (χ1) is 7.43. The van der Waals surface area contributed by atoms with Gasteiger partial charge < -0.3 is 15.5 Å². The highest BCUT2D eigenvalue weighted by atomic mass is 32.2. The molecule has 1 amide bonds. The Kier molecular flexibility index (Phi) is 4.69. The number of carbonyl (C=O) groups excluding carboxylic acids is 1. The molecule has 1 aliphatic heterocycles. The summed E-state index contributed by atoms with van der Waals surface area (Å²) in [7, 11) is -2.95. The Hall–Kier alpha value is -0.660. The molecular weight excluding hydrogens is 234 g/mol. The lowest BCUT2D eigenvalue weighted by molar-refractivity contribution is -0.122. The number of rotatable bonds is 5. The monoisotopic (exact) mass is 251 g/mol. The normalized spacial score (nSPS) is 25.2. The van der Waals surface area contributed by atoms with E-state index in [4.69, 9.17) is 10.2 Å². The minimum atomic E-state index is -2.95. The molecule has 1 rings (SSSR count). The minimum Gasteiger partial charge on any atom is -0.394 e. The summed E-state index contributed by atoms with van der Waals surface area (Å²) in [5, 5.41) is 20.0. The number of hydrogen-bond acceptors (Lipinski definition) is 5. The van der Waals surface area contributed by atoms with Crippen LogP contribution in [0.25, 0.3) is 0 Å². The molecule has 1 aliphatic rings. The van der Waals surface area contributed by atoms with Crippen molar-refractivity contribution in [3.8, 4) is 0 Å². The van der Waals surface area contributed by atoms with Gasteiger partial charge in [0.15, 0.2) is 9.84 Å². The van der Waals surface area contributed by atoms with Gasteiger partial charge in [0.2, 0.25) is 5.91 Å². The molecule has 0 saturated carbocycles. The molecule has 0 radical (unpaired) electrons. The van der Waals surface area contributed by atoms with Gasteiger partial charge >= 0.3 is 0 Å². The number of sulfone groups is 1. The largest absolute Gasteiger partial charge is 0.394 e.